The van der Waals surface area contributed by atoms with E-state index in [4.69, 9.17) is 9.47 Å². The first kappa shape index (κ1) is 22.6. The van der Waals surface area contributed by atoms with Gasteiger partial charge in [0.05, 0.1) is 0 Å². The van der Waals surface area contributed by atoms with Crippen LogP contribution < -0.4 is 14.8 Å². The summed E-state index contributed by atoms with van der Waals surface area (Å²) < 4.78 is 11.0. The fraction of sp³-hybridized carbons (Fsp3) is 0.417. The summed E-state index contributed by atoms with van der Waals surface area (Å²) in [4.78, 5) is 29.3. The van der Waals surface area contributed by atoms with Gasteiger partial charge in [-0.1, -0.05) is 26.0 Å². The molecule has 2 amide bonds. The quantitative estimate of drug-likeness (QED) is 0.667. The van der Waals surface area contributed by atoms with Crippen LogP contribution in [0.2, 0.25) is 0 Å². The van der Waals surface area contributed by atoms with E-state index in [0.717, 1.165) is 19.6 Å². The molecule has 166 valence electrons. The first-order valence-electron chi connectivity index (χ1n) is 10.8. The summed E-state index contributed by atoms with van der Waals surface area (Å²) >= 11 is 0. The summed E-state index contributed by atoms with van der Waals surface area (Å²) in [5.74, 6) is 0.857. The topological polar surface area (TPSA) is 71.1 Å². The Morgan fingerprint density at radius 2 is 1.58 bits per heavy atom. The number of hydrogen-bond acceptors (Lipinski definition) is 5. The molecule has 0 saturated carbocycles. The molecule has 0 unspecified atom stereocenters. The second-order valence-corrected chi connectivity index (χ2v) is 7.38. The summed E-state index contributed by atoms with van der Waals surface area (Å²) in [5.41, 5.74) is 2.36. The van der Waals surface area contributed by atoms with Crippen LogP contribution in [-0.2, 0) is 11.3 Å². The van der Waals surface area contributed by atoms with E-state index in [2.05, 4.69) is 24.1 Å². The largest absolute Gasteiger partial charge is 0.486 e. The third-order valence-electron chi connectivity index (χ3n) is 5.33. The van der Waals surface area contributed by atoms with Crippen LogP contribution in [0, 0.1) is 0 Å². The molecule has 2 aromatic carbocycles. The average molecular weight is 426 g/mol. The van der Waals surface area contributed by atoms with Crippen molar-refractivity contribution in [1.82, 2.24) is 9.80 Å². The lowest BCUT2D eigenvalue weighted by molar-refractivity contribution is -0.116. The highest BCUT2D eigenvalue weighted by Gasteiger charge is 2.19. The Labute approximate surface area is 183 Å². The molecule has 7 heteroatoms. The van der Waals surface area contributed by atoms with Crippen LogP contribution in [0.1, 0.15) is 36.7 Å². The SMILES string of the molecule is CCN(CC)Cc1ccc(C(=O)N(CC)CC(=O)Nc2ccc3c(c2)OCCO3)cc1. The number of ether oxygens (including phenoxy) is 2. The van der Waals surface area contributed by atoms with E-state index in [9.17, 15) is 9.59 Å². The molecule has 3 rings (SSSR count). The Morgan fingerprint density at radius 1 is 0.903 bits per heavy atom. The van der Waals surface area contributed by atoms with Gasteiger partial charge < -0.3 is 19.7 Å². The minimum absolute atomic E-state index is 0.0228. The number of nitrogens with one attached hydrogen (secondary N) is 1. The molecule has 0 saturated heterocycles. The summed E-state index contributed by atoms with van der Waals surface area (Å²) in [6.45, 7) is 10.4. The van der Waals surface area contributed by atoms with E-state index >= 15 is 0 Å². The van der Waals surface area contributed by atoms with Crippen molar-refractivity contribution in [3.05, 3.63) is 53.6 Å². The maximum Gasteiger partial charge on any atom is 0.254 e. The number of likely N-dealkylation sites (N-methyl/N-ethyl adjacent to an activating group) is 1. The van der Waals surface area contributed by atoms with Gasteiger partial charge in [-0.3, -0.25) is 14.5 Å². The molecule has 0 atom stereocenters. The normalized spacial score (nSPS) is 12.5. The number of rotatable bonds is 9. The molecule has 0 spiro atoms. The molecule has 2 aromatic rings. The first-order valence-corrected chi connectivity index (χ1v) is 10.8. The van der Waals surface area contributed by atoms with Crippen LogP contribution in [0.15, 0.2) is 42.5 Å². The van der Waals surface area contributed by atoms with Crippen molar-refractivity contribution in [3.63, 3.8) is 0 Å². The monoisotopic (exact) mass is 425 g/mol. The maximum atomic E-state index is 12.9. The highest BCUT2D eigenvalue weighted by atomic mass is 16.6. The van der Waals surface area contributed by atoms with E-state index in [0.29, 0.717) is 42.5 Å². The lowest BCUT2D eigenvalue weighted by Crippen LogP contribution is -2.37. The summed E-state index contributed by atoms with van der Waals surface area (Å²) in [5, 5.41) is 2.83. The van der Waals surface area contributed by atoms with Crippen LogP contribution in [0.25, 0.3) is 0 Å². The van der Waals surface area contributed by atoms with E-state index in [1.165, 1.54) is 10.5 Å². The van der Waals surface area contributed by atoms with E-state index in [-0.39, 0.29) is 18.4 Å². The molecule has 1 N–H and O–H groups in total. The summed E-state index contributed by atoms with van der Waals surface area (Å²) in [6.07, 6.45) is 0. The Kier molecular flexibility index (Phi) is 7.89. The summed E-state index contributed by atoms with van der Waals surface area (Å²) in [7, 11) is 0. The number of carbonyl (C=O) groups is 2. The Morgan fingerprint density at radius 3 is 2.23 bits per heavy atom. The zero-order chi connectivity index (χ0) is 22.2. The van der Waals surface area contributed by atoms with Crippen LogP contribution >= 0.6 is 0 Å². The molecule has 1 heterocycles. The second kappa shape index (κ2) is 10.8. The van der Waals surface area contributed by atoms with E-state index in [1.807, 2.05) is 31.2 Å². The molecule has 0 aliphatic carbocycles. The van der Waals surface area contributed by atoms with Crippen molar-refractivity contribution in [3.8, 4) is 11.5 Å². The highest BCUT2D eigenvalue weighted by Crippen LogP contribution is 2.32. The van der Waals surface area contributed by atoms with Gasteiger partial charge in [-0.2, -0.15) is 0 Å². The average Bonchev–Trinajstić information content (AvgIpc) is 2.80. The fourth-order valence-corrected chi connectivity index (χ4v) is 3.46. The third kappa shape index (κ3) is 5.98. The lowest BCUT2D eigenvalue weighted by atomic mass is 10.1. The van der Waals surface area contributed by atoms with E-state index < -0.39 is 0 Å². The second-order valence-electron chi connectivity index (χ2n) is 7.38. The molecular formula is C24H31N3O4. The van der Waals surface area contributed by atoms with Gasteiger partial charge >= 0.3 is 0 Å². The third-order valence-corrected chi connectivity index (χ3v) is 5.33. The van der Waals surface area contributed by atoms with Gasteiger partial charge in [0, 0.05) is 30.4 Å². The zero-order valence-electron chi connectivity index (χ0n) is 18.5. The van der Waals surface area contributed by atoms with Crippen LogP contribution in [0.3, 0.4) is 0 Å². The number of fused-ring (bicyclic) bond motifs is 1. The van der Waals surface area contributed by atoms with Gasteiger partial charge in [0.1, 0.15) is 19.8 Å². The number of benzene rings is 2. The van der Waals surface area contributed by atoms with E-state index in [1.54, 1.807) is 18.2 Å². The molecule has 1 aliphatic heterocycles. The Bertz CT molecular complexity index is 894. The number of carbonyl (C=O) groups excluding carboxylic acids is 2. The Balaban J connectivity index is 1.59. The van der Waals surface area contributed by atoms with Gasteiger partial charge in [-0.15, -0.1) is 0 Å². The van der Waals surface area contributed by atoms with Gasteiger partial charge in [0.15, 0.2) is 11.5 Å². The zero-order valence-corrected chi connectivity index (χ0v) is 18.5. The molecule has 1 aliphatic rings. The molecule has 0 radical (unpaired) electrons. The number of nitrogens with zero attached hydrogens (tertiary/aromatic N) is 2. The van der Waals surface area contributed by atoms with Crippen molar-refractivity contribution in [2.75, 3.05) is 44.7 Å². The molecule has 7 nitrogen and oxygen atoms in total. The van der Waals surface area contributed by atoms with Gasteiger partial charge in [0.2, 0.25) is 5.91 Å². The predicted molar refractivity (Wildman–Crippen MR) is 121 cm³/mol. The van der Waals surface area contributed by atoms with Gasteiger partial charge in [-0.25, -0.2) is 0 Å². The molecule has 0 fully saturated rings. The number of amides is 2. The maximum absolute atomic E-state index is 12.9. The van der Waals surface area contributed by atoms with Crippen molar-refractivity contribution < 1.29 is 19.1 Å². The predicted octanol–water partition coefficient (Wildman–Crippen LogP) is 3.40. The molecule has 0 aromatic heterocycles. The standard InChI is InChI=1S/C24H31N3O4/c1-4-26(5-2)16-18-7-9-19(10-8-18)24(29)27(6-3)17-23(28)25-20-11-12-21-22(15-20)31-14-13-30-21/h7-12,15H,4-6,13-14,16-17H2,1-3H3,(H,25,28). The highest BCUT2D eigenvalue weighted by molar-refractivity contribution is 5.99. The van der Waals surface area contributed by atoms with Crippen LogP contribution in [0.5, 0.6) is 11.5 Å². The smallest absolute Gasteiger partial charge is 0.254 e. The van der Waals surface area contributed by atoms with Crippen LogP contribution in [0.4, 0.5) is 5.69 Å². The van der Waals surface area contributed by atoms with Crippen molar-refractivity contribution in [2.24, 2.45) is 0 Å². The first-order chi connectivity index (χ1) is 15.0. The number of anilines is 1. The van der Waals surface area contributed by atoms with Gasteiger partial charge in [-0.05, 0) is 49.8 Å². The molecule has 0 bridgehead atoms. The van der Waals surface area contributed by atoms with Gasteiger partial charge in [0.25, 0.3) is 5.91 Å². The van der Waals surface area contributed by atoms with Crippen molar-refractivity contribution >= 4 is 17.5 Å². The minimum atomic E-state index is -0.259. The number of hydrogen-bond donors (Lipinski definition) is 1. The Hall–Kier alpha value is -3.06. The minimum Gasteiger partial charge on any atom is -0.486 e. The van der Waals surface area contributed by atoms with Crippen molar-refractivity contribution in [2.45, 2.75) is 27.3 Å². The van der Waals surface area contributed by atoms with Crippen molar-refractivity contribution in [1.29, 1.82) is 0 Å². The fourth-order valence-electron chi connectivity index (χ4n) is 3.46. The molecular weight excluding hydrogens is 394 g/mol. The lowest BCUT2D eigenvalue weighted by Gasteiger charge is -2.22. The summed E-state index contributed by atoms with van der Waals surface area (Å²) in [6, 6.07) is 12.9. The van der Waals surface area contributed by atoms with Crippen LogP contribution in [-0.4, -0.2) is 61.0 Å². The molecule has 31 heavy (non-hydrogen) atoms.